The van der Waals surface area contributed by atoms with Crippen LogP contribution in [0, 0.1) is 0 Å². The van der Waals surface area contributed by atoms with Gasteiger partial charge in [0.2, 0.25) is 5.91 Å². The summed E-state index contributed by atoms with van der Waals surface area (Å²) < 4.78 is 17.7. The lowest BCUT2D eigenvalue weighted by atomic mass is 9.99. The van der Waals surface area contributed by atoms with Gasteiger partial charge in [0.25, 0.3) is 0 Å². The summed E-state index contributed by atoms with van der Waals surface area (Å²) in [6, 6.07) is -1.03. The number of carbonyl (C=O) groups is 2. The van der Waals surface area contributed by atoms with E-state index >= 15 is 0 Å². The highest BCUT2D eigenvalue weighted by atomic mass is 16.7. The molecule has 1 aliphatic heterocycles. The van der Waals surface area contributed by atoms with Gasteiger partial charge in [0, 0.05) is 6.42 Å². The van der Waals surface area contributed by atoms with E-state index < -0.39 is 67.4 Å². The molecule has 0 aromatic rings. The zero-order valence-corrected chi connectivity index (χ0v) is 56.4. The molecule has 8 atom stereocenters. The van der Waals surface area contributed by atoms with Crippen molar-refractivity contribution in [1.29, 1.82) is 0 Å². The van der Waals surface area contributed by atoms with E-state index in [-0.39, 0.29) is 19.4 Å². The van der Waals surface area contributed by atoms with Gasteiger partial charge >= 0.3 is 5.97 Å². The van der Waals surface area contributed by atoms with Crippen molar-refractivity contribution in [3.05, 3.63) is 72.9 Å². The Morgan fingerprint density at radius 1 is 0.448 bits per heavy atom. The number of hydrogen-bond donors (Lipinski definition) is 6. The molecule has 0 aromatic heterocycles. The number of allylic oxidation sites excluding steroid dienone is 11. The minimum atomic E-state index is -1.62. The van der Waals surface area contributed by atoms with Crippen LogP contribution < -0.4 is 5.32 Å². The summed E-state index contributed by atoms with van der Waals surface area (Å²) in [6.45, 7) is 5.77. The molecule has 506 valence electrons. The van der Waals surface area contributed by atoms with Gasteiger partial charge in [-0.1, -0.05) is 306 Å². The van der Waals surface area contributed by atoms with E-state index in [9.17, 15) is 35.1 Å². The number of aliphatic hydroxyl groups excluding tert-OH is 5. The summed E-state index contributed by atoms with van der Waals surface area (Å²) in [5, 5.41) is 57.3. The zero-order valence-electron chi connectivity index (χ0n) is 56.4. The number of carbonyl (C=O) groups excluding carboxylic acids is 2. The number of hydrogen-bond acceptors (Lipinski definition) is 10. The lowest BCUT2D eigenvalue weighted by Crippen LogP contribution is -2.61. The predicted octanol–water partition coefficient (Wildman–Crippen LogP) is 19.1. The van der Waals surface area contributed by atoms with Crippen molar-refractivity contribution in [2.24, 2.45) is 0 Å². The minimum absolute atomic E-state index is 0.121. The summed E-state index contributed by atoms with van der Waals surface area (Å²) in [7, 11) is 0. The Kier molecular flexibility index (Phi) is 59.7. The van der Waals surface area contributed by atoms with E-state index in [0.717, 1.165) is 77.0 Å². The van der Waals surface area contributed by atoms with Crippen LogP contribution in [0.15, 0.2) is 72.9 Å². The standard InChI is InChI=1S/C76H137NO10/c1-4-7-10-13-16-19-22-24-26-28-30-32-33-34-35-36-38-39-41-43-45-48-51-54-57-60-63-69(80)75(84)77-67(68(79)62-59-56-53-50-47-21-18-15-12-9-6-3)66-85-76-74(73(83)72(82)70(65-78)86-76)87-71(81)64-61-58-55-52-49-46-44-42-40-37-31-29-27-25-23-20-17-14-11-8-5-2/h16-17,19-20,24-27,30,32,59,62,67-70,72-74,76,78-80,82-83H,4-15,18,21-23,28-29,31,33-58,60-61,63-66H2,1-3H3,(H,77,84)/b19-16-,20-17-,26-24-,27-25-,32-30-,62-59+. The maximum Gasteiger partial charge on any atom is 0.306 e. The molecule has 1 fully saturated rings. The molecule has 1 amide bonds. The third-order valence-corrected chi connectivity index (χ3v) is 17.1. The van der Waals surface area contributed by atoms with Gasteiger partial charge in [0.15, 0.2) is 12.4 Å². The van der Waals surface area contributed by atoms with Crippen LogP contribution in [0.25, 0.3) is 0 Å². The maximum absolute atomic E-state index is 13.5. The predicted molar refractivity (Wildman–Crippen MR) is 366 cm³/mol. The van der Waals surface area contributed by atoms with Gasteiger partial charge in [-0.15, -0.1) is 0 Å². The molecule has 8 unspecified atom stereocenters. The van der Waals surface area contributed by atoms with Gasteiger partial charge in [-0.3, -0.25) is 9.59 Å². The number of aliphatic hydroxyl groups is 5. The Morgan fingerprint density at radius 3 is 1.21 bits per heavy atom. The van der Waals surface area contributed by atoms with Crippen LogP contribution in [0.5, 0.6) is 0 Å². The van der Waals surface area contributed by atoms with E-state index in [4.69, 9.17) is 14.2 Å². The highest BCUT2D eigenvalue weighted by Gasteiger charge is 2.47. The summed E-state index contributed by atoms with van der Waals surface area (Å²) in [5.74, 6) is -1.19. The van der Waals surface area contributed by atoms with Crippen molar-refractivity contribution in [3.63, 3.8) is 0 Å². The summed E-state index contributed by atoms with van der Waals surface area (Å²) >= 11 is 0. The fraction of sp³-hybridized carbons (Fsp3) is 0.816. The van der Waals surface area contributed by atoms with Crippen molar-refractivity contribution in [1.82, 2.24) is 5.32 Å². The number of unbranched alkanes of at least 4 members (excludes halogenated alkanes) is 39. The van der Waals surface area contributed by atoms with Crippen LogP contribution in [-0.4, -0.2) is 99.6 Å². The van der Waals surface area contributed by atoms with Crippen LogP contribution in [-0.2, 0) is 23.8 Å². The number of esters is 1. The maximum atomic E-state index is 13.5. The van der Waals surface area contributed by atoms with Crippen LogP contribution in [0.4, 0.5) is 0 Å². The molecule has 1 rings (SSSR count). The van der Waals surface area contributed by atoms with Crippen molar-refractivity contribution >= 4 is 11.9 Å². The van der Waals surface area contributed by atoms with Crippen molar-refractivity contribution in [2.45, 2.75) is 384 Å². The SMILES string of the molecule is CCCCC/C=C\C/C=C\C/C=C\CCCCCCCCCCCCCCCC(O)C(=O)NC(COC1OC(CO)C(O)C(O)C1OC(=O)CCCCCCCCCCCCC/C=C\C/C=C\CCCCC)C(O)/C=C/CCCCCCCCCCC. The summed E-state index contributed by atoms with van der Waals surface area (Å²) in [6.07, 6.45) is 72.3. The largest absolute Gasteiger partial charge is 0.454 e. The molecule has 6 N–H and O–H groups in total. The van der Waals surface area contributed by atoms with Gasteiger partial charge in [0.1, 0.15) is 24.4 Å². The van der Waals surface area contributed by atoms with Gasteiger partial charge in [-0.05, 0) is 96.3 Å². The van der Waals surface area contributed by atoms with E-state index in [0.29, 0.717) is 12.8 Å². The lowest BCUT2D eigenvalue weighted by Gasteiger charge is -2.41. The van der Waals surface area contributed by atoms with E-state index in [1.165, 1.54) is 212 Å². The Labute approximate surface area is 534 Å². The second-order valence-corrected chi connectivity index (χ2v) is 25.3. The van der Waals surface area contributed by atoms with Gasteiger partial charge in [-0.2, -0.15) is 0 Å². The second kappa shape index (κ2) is 63.3. The average Bonchev–Trinajstić information content (AvgIpc) is 1.30. The molecular weight excluding hydrogens is 1090 g/mol. The van der Waals surface area contributed by atoms with Gasteiger partial charge in [0.05, 0.1) is 25.4 Å². The first-order valence-corrected chi connectivity index (χ1v) is 36.7. The first-order chi connectivity index (χ1) is 42.7. The highest BCUT2D eigenvalue weighted by molar-refractivity contribution is 5.80. The normalized spacial score (nSPS) is 18.6. The quantitative estimate of drug-likeness (QED) is 0.0195. The van der Waals surface area contributed by atoms with Crippen LogP contribution in [0.3, 0.4) is 0 Å². The van der Waals surface area contributed by atoms with E-state index in [1.54, 1.807) is 6.08 Å². The molecule has 1 aliphatic rings. The van der Waals surface area contributed by atoms with Gasteiger partial charge < -0.3 is 45.1 Å². The third kappa shape index (κ3) is 50.4. The van der Waals surface area contributed by atoms with Crippen LogP contribution in [0.2, 0.25) is 0 Å². The Bertz CT molecular complexity index is 1690. The molecule has 0 spiro atoms. The van der Waals surface area contributed by atoms with Crippen molar-refractivity contribution in [2.75, 3.05) is 13.2 Å². The average molecular weight is 1220 g/mol. The van der Waals surface area contributed by atoms with Crippen molar-refractivity contribution < 1.29 is 49.3 Å². The van der Waals surface area contributed by atoms with E-state index in [2.05, 4.69) is 86.8 Å². The molecule has 1 saturated heterocycles. The second-order valence-electron chi connectivity index (χ2n) is 25.3. The molecule has 0 saturated carbocycles. The fourth-order valence-corrected chi connectivity index (χ4v) is 11.3. The molecule has 0 aromatic carbocycles. The van der Waals surface area contributed by atoms with Crippen LogP contribution in [0.1, 0.15) is 335 Å². The smallest absolute Gasteiger partial charge is 0.306 e. The minimum Gasteiger partial charge on any atom is -0.454 e. The number of nitrogens with one attached hydrogen (secondary N) is 1. The highest BCUT2D eigenvalue weighted by Crippen LogP contribution is 2.26. The molecule has 11 heteroatoms. The van der Waals surface area contributed by atoms with Gasteiger partial charge in [-0.25, -0.2) is 0 Å². The number of ether oxygens (including phenoxy) is 3. The lowest BCUT2D eigenvalue weighted by molar-refractivity contribution is -0.305. The van der Waals surface area contributed by atoms with Crippen LogP contribution >= 0.6 is 0 Å². The fourth-order valence-electron chi connectivity index (χ4n) is 11.3. The third-order valence-electron chi connectivity index (χ3n) is 17.1. The molecular formula is C76H137NO10. The monoisotopic (exact) mass is 1220 g/mol. The summed E-state index contributed by atoms with van der Waals surface area (Å²) in [5.41, 5.74) is 0. The first kappa shape index (κ1) is 82.1. The molecule has 0 bridgehead atoms. The summed E-state index contributed by atoms with van der Waals surface area (Å²) in [4.78, 5) is 26.7. The van der Waals surface area contributed by atoms with Crippen molar-refractivity contribution in [3.8, 4) is 0 Å². The molecule has 11 nitrogen and oxygen atoms in total. The number of amides is 1. The Morgan fingerprint density at radius 2 is 0.793 bits per heavy atom. The first-order valence-electron chi connectivity index (χ1n) is 36.7. The molecule has 0 radical (unpaired) electrons. The van der Waals surface area contributed by atoms with E-state index in [1.807, 2.05) is 6.08 Å². The number of rotatable bonds is 63. The molecule has 0 aliphatic carbocycles. The molecule has 87 heavy (non-hydrogen) atoms. The molecule has 1 heterocycles. The zero-order chi connectivity index (χ0) is 63.1. The Hall–Kier alpha value is -2.90. The Balaban J connectivity index is 2.53. The topological polar surface area (TPSA) is 175 Å².